The zero-order chi connectivity index (χ0) is 12.8. The van der Waals surface area contributed by atoms with Crippen LogP contribution in [0.4, 0.5) is 0 Å². The molecule has 0 bridgehead atoms. The maximum absolute atomic E-state index is 11.3. The summed E-state index contributed by atoms with van der Waals surface area (Å²) in [5.41, 5.74) is 1.11. The molecule has 0 aromatic carbocycles. The fourth-order valence-electron chi connectivity index (χ4n) is 1.05. The van der Waals surface area contributed by atoms with Crippen LogP contribution in [0.25, 0.3) is 0 Å². The molecule has 0 amide bonds. The third kappa shape index (κ3) is 4.86. The molecule has 92 valence electrons. The molecule has 1 rings (SSSR count). The van der Waals surface area contributed by atoms with Gasteiger partial charge in [-0.05, 0) is 6.92 Å². The lowest BCUT2D eigenvalue weighted by molar-refractivity contribution is -0.139. The van der Waals surface area contributed by atoms with Gasteiger partial charge in [-0.3, -0.25) is 9.59 Å². The van der Waals surface area contributed by atoms with E-state index in [-0.39, 0.29) is 12.0 Å². The van der Waals surface area contributed by atoms with Crippen LogP contribution in [0.3, 0.4) is 0 Å². The number of carbonyl (C=O) groups excluding carboxylic acids is 1. The van der Waals surface area contributed by atoms with Gasteiger partial charge in [0.15, 0.2) is 5.16 Å². The summed E-state index contributed by atoms with van der Waals surface area (Å²) in [6.07, 6.45) is 0.00104. The van der Waals surface area contributed by atoms with Gasteiger partial charge in [0.1, 0.15) is 0 Å². The fourth-order valence-corrected chi connectivity index (χ4v) is 1.79. The zero-order valence-corrected chi connectivity index (χ0v) is 10.6. The van der Waals surface area contributed by atoms with Crippen molar-refractivity contribution in [2.45, 2.75) is 18.5 Å². The minimum atomic E-state index is -0.418. The van der Waals surface area contributed by atoms with Crippen molar-refractivity contribution in [2.75, 3.05) is 12.9 Å². The first-order chi connectivity index (χ1) is 8.01. The van der Waals surface area contributed by atoms with Crippen LogP contribution in [0.1, 0.15) is 12.6 Å². The molecule has 0 aliphatic rings. The summed E-state index contributed by atoms with van der Waals surface area (Å²) in [6.45, 7) is 5.65. The van der Waals surface area contributed by atoms with E-state index in [1.54, 1.807) is 0 Å². The first kappa shape index (κ1) is 13.5. The Morgan fingerprint density at radius 1 is 1.65 bits per heavy atom. The SMILES string of the molecule is C=C(C)CSc1nc(CC(=O)OC)cc(=O)[nH]1. The number of carbonyl (C=O) groups is 1. The third-order valence-electron chi connectivity index (χ3n) is 1.78. The van der Waals surface area contributed by atoms with Crippen molar-refractivity contribution in [2.24, 2.45) is 0 Å². The van der Waals surface area contributed by atoms with E-state index in [2.05, 4.69) is 21.3 Å². The number of aromatic amines is 1. The third-order valence-corrected chi connectivity index (χ3v) is 2.89. The molecule has 0 saturated heterocycles. The van der Waals surface area contributed by atoms with Gasteiger partial charge >= 0.3 is 5.97 Å². The van der Waals surface area contributed by atoms with E-state index in [9.17, 15) is 9.59 Å². The molecule has 6 heteroatoms. The van der Waals surface area contributed by atoms with Crippen LogP contribution in [0.2, 0.25) is 0 Å². The highest BCUT2D eigenvalue weighted by Gasteiger charge is 2.07. The lowest BCUT2D eigenvalue weighted by Crippen LogP contribution is -2.14. The van der Waals surface area contributed by atoms with Crippen LogP contribution < -0.4 is 5.56 Å². The molecular formula is C11H14N2O3S. The molecule has 0 aliphatic carbocycles. The molecule has 0 aliphatic heterocycles. The van der Waals surface area contributed by atoms with Gasteiger partial charge in [-0.15, -0.1) is 0 Å². The van der Waals surface area contributed by atoms with Gasteiger partial charge in [0.2, 0.25) is 0 Å². The predicted molar refractivity (Wildman–Crippen MR) is 66.1 cm³/mol. The number of esters is 1. The van der Waals surface area contributed by atoms with Crippen molar-refractivity contribution < 1.29 is 9.53 Å². The highest BCUT2D eigenvalue weighted by atomic mass is 32.2. The number of H-pyrrole nitrogens is 1. The molecule has 1 N–H and O–H groups in total. The van der Waals surface area contributed by atoms with Crippen molar-refractivity contribution in [3.8, 4) is 0 Å². The van der Waals surface area contributed by atoms with Crippen LogP contribution in [0.5, 0.6) is 0 Å². The van der Waals surface area contributed by atoms with E-state index in [4.69, 9.17) is 0 Å². The molecule has 0 spiro atoms. The van der Waals surface area contributed by atoms with Crippen LogP contribution in [-0.4, -0.2) is 28.8 Å². The number of rotatable bonds is 5. The average molecular weight is 254 g/mol. The van der Waals surface area contributed by atoms with Gasteiger partial charge < -0.3 is 9.72 Å². The Bertz CT molecular complexity index is 482. The summed E-state index contributed by atoms with van der Waals surface area (Å²) in [4.78, 5) is 29.2. The lowest BCUT2D eigenvalue weighted by atomic mass is 10.3. The molecule has 17 heavy (non-hydrogen) atoms. The van der Waals surface area contributed by atoms with Crippen molar-refractivity contribution in [1.82, 2.24) is 9.97 Å². The standard InChI is InChI=1S/C11H14N2O3S/c1-7(2)6-17-11-12-8(4-9(14)13-11)5-10(15)16-3/h4H,1,5-6H2,2-3H3,(H,12,13,14). The molecule has 1 heterocycles. The number of hydrogen-bond donors (Lipinski definition) is 1. The summed E-state index contributed by atoms with van der Waals surface area (Å²) < 4.78 is 4.52. The summed E-state index contributed by atoms with van der Waals surface area (Å²) >= 11 is 1.37. The van der Waals surface area contributed by atoms with Crippen LogP contribution >= 0.6 is 11.8 Å². The monoisotopic (exact) mass is 254 g/mol. The number of methoxy groups -OCH3 is 1. The van der Waals surface area contributed by atoms with Crippen molar-refractivity contribution >= 4 is 17.7 Å². The molecule has 5 nitrogen and oxygen atoms in total. The predicted octanol–water partition coefficient (Wildman–Crippen LogP) is 1.15. The summed E-state index contributed by atoms with van der Waals surface area (Å²) in [5, 5.41) is 0.486. The van der Waals surface area contributed by atoms with E-state index in [1.807, 2.05) is 6.92 Å². The van der Waals surface area contributed by atoms with E-state index in [0.717, 1.165) is 5.57 Å². The summed E-state index contributed by atoms with van der Waals surface area (Å²) in [5.74, 6) is 0.254. The molecular weight excluding hydrogens is 240 g/mol. The van der Waals surface area contributed by atoms with Crippen molar-refractivity contribution in [1.29, 1.82) is 0 Å². The normalized spacial score (nSPS) is 10.0. The van der Waals surface area contributed by atoms with Gasteiger partial charge in [0, 0.05) is 11.8 Å². The maximum atomic E-state index is 11.3. The van der Waals surface area contributed by atoms with Crippen molar-refractivity contribution in [3.05, 3.63) is 34.3 Å². The Labute approximate surface area is 103 Å². The van der Waals surface area contributed by atoms with Gasteiger partial charge in [-0.25, -0.2) is 4.98 Å². The van der Waals surface area contributed by atoms with E-state index in [1.165, 1.54) is 24.9 Å². The second-order valence-corrected chi connectivity index (χ2v) is 4.50. The maximum Gasteiger partial charge on any atom is 0.311 e. The van der Waals surface area contributed by atoms with E-state index < -0.39 is 5.97 Å². The minimum Gasteiger partial charge on any atom is -0.469 e. The minimum absolute atomic E-state index is 0.00104. The number of ether oxygens (including phenoxy) is 1. The Morgan fingerprint density at radius 2 is 2.35 bits per heavy atom. The molecule has 0 unspecified atom stereocenters. The first-order valence-electron chi connectivity index (χ1n) is 4.95. The largest absolute Gasteiger partial charge is 0.469 e. The summed E-state index contributed by atoms with van der Waals surface area (Å²) in [6, 6.07) is 1.29. The quantitative estimate of drug-likeness (QED) is 0.369. The second kappa shape index (κ2) is 6.24. The van der Waals surface area contributed by atoms with Gasteiger partial charge in [-0.1, -0.05) is 23.9 Å². The van der Waals surface area contributed by atoms with Gasteiger partial charge in [-0.2, -0.15) is 0 Å². The Kier molecular flexibility index (Phi) is 4.96. The highest BCUT2D eigenvalue weighted by molar-refractivity contribution is 7.99. The molecule has 0 atom stereocenters. The number of nitrogens with zero attached hydrogens (tertiary/aromatic N) is 1. The Balaban J connectivity index is 2.82. The Hall–Kier alpha value is -1.56. The molecule has 1 aromatic rings. The van der Waals surface area contributed by atoms with E-state index in [0.29, 0.717) is 16.6 Å². The van der Waals surface area contributed by atoms with Crippen molar-refractivity contribution in [3.63, 3.8) is 0 Å². The molecule has 0 saturated carbocycles. The van der Waals surface area contributed by atoms with Gasteiger partial charge in [0.25, 0.3) is 5.56 Å². The van der Waals surface area contributed by atoms with Crippen LogP contribution in [0.15, 0.2) is 28.2 Å². The Morgan fingerprint density at radius 3 is 2.94 bits per heavy atom. The summed E-state index contributed by atoms with van der Waals surface area (Å²) in [7, 11) is 1.30. The number of aromatic nitrogens is 2. The first-order valence-corrected chi connectivity index (χ1v) is 5.94. The highest BCUT2D eigenvalue weighted by Crippen LogP contribution is 2.14. The number of nitrogens with one attached hydrogen (secondary N) is 1. The van der Waals surface area contributed by atoms with Gasteiger partial charge in [0.05, 0.1) is 19.2 Å². The lowest BCUT2D eigenvalue weighted by Gasteiger charge is -2.03. The molecule has 0 fully saturated rings. The average Bonchev–Trinajstić information content (AvgIpc) is 2.25. The van der Waals surface area contributed by atoms with Crippen LogP contribution in [-0.2, 0) is 16.0 Å². The van der Waals surface area contributed by atoms with Crippen LogP contribution in [0, 0.1) is 0 Å². The molecule has 1 aromatic heterocycles. The smallest absolute Gasteiger partial charge is 0.311 e. The second-order valence-electron chi connectivity index (χ2n) is 3.54. The number of hydrogen-bond acceptors (Lipinski definition) is 5. The zero-order valence-electron chi connectivity index (χ0n) is 9.78. The topological polar surface area (TPSA) is 72.0 Å². The molecule has 0 radical (unpaired) electrons. The number of thioether (sulfide) groups is 1. The fraction of sp³-hybridized carbons (Fsp3) is 0.364. The van der Waals surface area contributed by atoms with E-state index >= 15 is 0 Å².